The monoisotopic (exact) mass is 491 g/mol. The molecule has 3 heterocycles. The molecule has 0 unspecified atom stereocenters. The van der Waals surface area contributed by atoms with Gasteiger partial charge in [0.15, 0.2) is 0 Å². The highest BCUT2D eigenvalue weighted by Gasteiger charge is 2.59. The number of benzene rings is 2. The fraction of sp³-hybridized carbons (Fsp3) is 0.296. The van der Waals surface area contributed by atoms with Gasteiger partial charge in [-0.05, 0) is 42.8 Å². The molecule has 9 heteroatoms. The van der Waals surface area contributed by atoms with Crippen molar-refractivity contribution in [3.05, 3.63) is 81.9 Å². The molecule has 2 aromatic carbocycles. The molecular weight excluding hydrogens is 466 g/mol. The first-order chi connectivity index (χ1) is 17.2. The normalized spacial score (nSPS) is 21.8. The third-order valence-electron chi connectivity index (χ3n) is 6.84. The molecule has 3 aromatic rings. The van der Waals surface area contributed by atoms with E-state index in [-0.39, 0.29) is 36.8 Å². The fourth-order valence-corrected chi connectivity index (χ4v) is 4.97. The summed E-state index contributed by atoms with van der Waals surface area (Å²) < 4.78 is 16.9. The molecule has 9 nitrogen and oxygen atoms in total. The number of carboxylic acid groups (broad SMARTS) is 1. The van der Waals surface area contributed by atoms with Gasteiger partial charge >= 0.3 is 11.6 Å². The van der Waals surface area contributed by atoms with Crippen LogP contribution in [0.5, 0.6) is 11.5 Å². The molecular formula is C27H25NO8. The van der Waals surface area contributed by atoms with Crippen molar-refractivity contribution in [2.24, 2.45) is 11.8 Å². The number of ether oxygens (including phenoxy) is 2. The van der Waals surface area contributed by atoms with E-state index in [1.165, 1.54) is 11.0 Å². The lowest BCUT2D eigenvalue weighted by Crippen LogP contribution is -2.63. The second-order valence-electron chi connectivity index (χ2n) is 9.11. The van der Waals surface area contributed by atoms with Crippen LogP contribution in [0.25, 0.3) is 11.0 Å². The van der Waals surface area contributed by atoms with Crippen molar-refractivity contribution in [2.75, 3.05) is 6.61 Å². The van der Waals surface area contributed by atoms with E-state index in [0.717, 1.165) is 10.9 Å². The van der Waals surface area contributed by atoms with Crippen molar-refractivity contribution in [3.8, 4) is 11.5 Å². The van der Waals surface area contributed by atoms with Crippen LogP contribution in [-0.4, -0.2) is 45.7 Å². The zero-order valence-electron chi connectivity index (χ0n) is 19.7. The summed E-state index contributed by atoms with van der Waals surface area (Å²) in [5.74, 6) is -1.29. The number of aliphatic carboxylic acids is 1. The second-order valence-corrected chi connectivity index (χ2v) is 9.11. The maximum Gasteiger partial charge on any atom is 0.352 e. The Morgan fingerprint density at radius 3 is 2.39 bits per heavy atom. The molecule has 0 radical (unpaired) electrons. The van der Waals surface area contributed by atoms with E-state index in [4.69, 9.17) is 13.9 Å². The minimum absolute atomic E-state index is 0.0216. The van der Waals surface area contributed by atoms with E-state index in [0.29, 0.717) is 22.7 Å². The first-order valence-corrected chi connectivity index (χ1v) is 11.6. The molecule has 2 aliphatic heterocycles. The van der Waals surface area contributed by atoms with Crippen LogP contribution in [0, 0.1) is 11.8 Å². The van der Waals surface area contributed by atoms with Crippen LogP contribution in [0.2, 0.25) is 0 Å². The van der Waals surface area contributed by atoms with Crippen molar-refractivity contribution in [1.29, 1.82) is 0 Å². The Kier molecular flexibility index (Phi) is 6.01. The van der Waals surface area contributed by atoms with E-state index in [1.807, 2.05) is 25.1 Å². The topological polar surface area (TPSA) is 127 Å². The van der Waals surface area contributed by atoms with Gasteiger partial charge in [-0.25, -0.2) is 9.59 Å². The largest absolute Gasteiger partial charge is 0.489 e. The minimum atomic E-state index is -1.18. The minimum Gasteiger partial charge on any atom is -0.489 e. The van der Waals surface area contributed by atoms with Crippen molar-refractivity contribution >= 4 is 22.8 Å². The highest BCUT2D eigenvalue weighted by molar-refractivity contribution is 6.00. The first-order valence-electron chi connectivity index (χ1n) is 11.6. The summed E-state index contributed by atoms with van der Waals surface area (Å²) >= 11 is 0. The maximum atomic E-state index is 12.4. The number of hydrogen-bond acceptors (Lipinski definition) is 7. The van der Waals surface area contributed by atoms with Gasteiger partial charge < -0.3 is 29.0 Å². The van der Waals surface area contributed by atoms with Gasteiger partial charge in [0.1, 0.15) is 36.0 Å². The number of fused-ring (bicyclic) bond motifs is 2. The number of carbonyl (C=O) groups excluding carboxylic acids is 1. The van der Waals surface area contributed by atoms with E-state index in [1.54, 1.807) is 37.3 Å². The summed E-state index contributed by atoms with van der Waals surface area (Å²) in [5.41, 5.74) is 1.38. The van der Waals surface area contributed by atoms with Gasteiger partial charge in [0, 0.05) is 29.0 Å². The van der Waals surface area contributed by atoms with Gasteiger partial charge in [-0.15, -0.1) is 0 Å². The highest BCUT2D eigenvalue weighted by Crippen LogP contribution is 2.47. The summed E-state index contributed by atoms with van der Waals surface area (Å²) in [6.45, 7) is 3.71. The quantitative estimate of drug-likeness (QED) is 0.364. The average molecular weight is 491 g/mol. The molecule has 2 aliphatic rings. The number of carboxylic acids is 1. The molecule has 4 atom stereocenters. The van der Waals surface area contributed by atoms with Crippen molar-refractivity contribution in [2.45, 2.75) is 32.6 Å². The smallest absolute Gasteiger partial charge is 0.352 e. The maximum absolute atomic E-state index is 12.4. The average Bonchev–Trinajstić information content (AvgIpc) is 3.09. The Morgan fingerprint density at radius 1 is 1.03 bits per heavy atom. The summed E-state index contributed by atoms with van der Waals surface area (Å²) in [6.07, 6.45) is -0.848. The standard InChI is InChI=1S/C27H25NO8/c1-14-20(25(27(32)33)28-24(14)23(15(2)29)26(28)31)13-35-18-7-3-16(4-8-18)12-34-19-9-5-17-6-10-22(30)36-21(17)11-19/h3-11,14-15,23-24,29H,12-13H2,1-2H3,(H,32,33)/t14-,15+,23+,24+/m0/s1. The number of carbonyl (C=O) groups is 2. The van der Waals surface area contributed by atoms with Crippen LogP contribution in [0.15, 0.2) is 75.1 Å². The van der Waals surface area contributed by atoms with Crippen LogP contribution >= 0.6 is 0 Å². The van der Waals surface area contributed by atoms with E-state index < -0.39 is 23.6 Å². The summed E-state index contributed by atoms with van der Waals surface area (Å²) in [6, 6.07) is 15.2. The summed E-state index contributed by atoms with van der Waals surface area (Å²) in [5, 5.41) is 20.5. The molecule has 0 bridgehead atoms. The van der Waals surface area contributed by atoms with Crippen LogP contribution in [0.1, 0.15) is 19.4 Å². The van der Waals surface area contributed by atoms with Crippen molar-refractivity contribution in [1.82, 2.24) is 4.90 Å². The van der Waals surface area contributed by atoms with Crippen LogP contribution in [0.3, 0.4) is 0 Å². The predicted octanol–water partition coefficient (Wildman–Crippen LogP) is 2.95. The Hall–Kier alpha value is -4.11. The molecule has 0 saturated carbocycles. The summed E-state index contributed by atoms with van der Waals surface area (Å²) in [7, 11) is 0. The van der Waals surface area contributed by atoms with Crippen LogP contribution < -0.4 is 15.1 Å². The molecule has 1 amide bonds. The number of nitrogens with zero attached hydrogens (tertiary/aromatic N) is 1. The Labute approximate surface area is 206 Å². The van der Waals surface area contributed by atoms with Gasteiger partial charge in [-0.3, -0.25) is 4.79 Å². The van der Waals surface area contributed by atoms with Crippen molar-refractivity contribution < 1.29 is 33.7 Å². The molecule has 0 aliphatic carbocycles. The van der Waals surface area contributed by atoms with Gasteiger partial charge in [0.2, 0.25) is 5.91 Å². The van der Waals surface area contributed by atoms with Crippen LogP contribution in [0.4, 0.5) is 0 Å². The number of rotatable bonds is 8. The lowest BCUT2D eigenvalue weighted by molar-refractivity contribution is -0.163. The molecule has 1 aromatic heterocycles. The van der Waals surface area contributed by atoms with Gasteiger partial charge in [-0.1, -0.05) is 19.1 Å². The lowest BCUT2D eigenvalue weighted by atomic mass is 9.78. The predicted molar refractivity (Wildman–Crippen MR) is 128 cm³/mol. The third-order valence-corrected chi connectivity index (χ3v) is 6.84. The van der Waals surface area contributed by atoms with E-state index in [9.17, 15) is 24.6 Å². The zero-order valence-corrected chi connectivity index (χ0v) is 19.7. The lowest BCUT2D eigenvalue weighted by Gasteiger charge is -2.46. The Balaban J connectivity index is 1.23. The number of β-lactam (4-membered cyclic amide) rings is 1. The Morgan fingerprint density at radius 2 is 1.69 bits per heavy atom. The molecule has 1 fully saturated rings. The fourth-order valence-electron chi connectivity index (χ4n) is 4.97. The number of aliphatic hydroxyl groups is 1. The van der Waals surface area contributed by atoms with Crippen molar-refractivity contribution in [3.63, 3.8) is 0 Å². The summed E-state index contributed by atoms with van der Waals surface area (Å²) in [4.78, 5) is 37.0. The molecule has 5 rings (SSSR count). The van der Waals surface area contributed by atoms with Gasteiger partial charge in [0.25, 0.3) is 0 Å². The molecule has 36 heavy (non-hydrogen) atoms. The molecule has 1 saturated heterocycles. The van der Waals surface area contributed by atoms with E-state index >= 15 is 0 Å². The number of aliphatic hydroxyl groups excluding tert-OH is 1. The molecule has 0 spiro atoms. The highest BCUT2D eigenvalue weighted by atomic mass is 16.5. The zero-order chi connectivity index (χ0) is 25.6. The molecule has 2 N–H and O–H groups in total. The molecule has 186 valence electrons. The SMILES string of the molecule is C[C@@H](O)[C@H]1C(=O)N2C(C(=O)O)=C(COc3ccc(COc4ccc5ccc(=O)oc5c4)cc3)[C@H](C)[C@H]12. The third kappa shape index (κ3) is 4.11. The van der Waals surface area contributed by atoms with Gasteiger partial charge in [-0.2, -0.15) is 0 Å². The Bertz CT molecular complexity index is 1420. The van der Waals surface area contributed by atoms with E-state index in [2.05, 4.69) is 0 Å². The second kappa shape index (κ2) is 9.16. The first kappa shape index (κ1) is 23.6. The number of hydrogen-bond donors (Lipinski definition) is 2. The number of amides is 1. The van der Waals surface area contributed by atoms with Crippen LogP contribution in [-0.2, 0) is 16.2 Å². The van der Waals surface area contributed by atoms with Gasteiger partial charge in [0.05, 0.1) is 18.1 Å².